The molecule has 1 atom stereocenters. The molecule has 0 radical (unpaired) electrons. The molecule has 0 unspecified atom stereocenters. The van der Waals surface area contributed by atoms with E-state index < -0.39 is 16.1 Å². The summed E-state index contributed by atoms with van der Waals surface area (Å²) in [5.41, 5.74) is 9.04. The Labute approximate surface area is 143 Å². The van der Waals surface area contributed by atoms with Crippen LogP contribution in [0.25, 0.3) is 0 Å². The van der Waals surface area contributed by atoms with Crippen molar-refractivity contribution in [1.82, 2.24) is 0 Å². The zero-order valence-corrected chi connectivity index (χ0v) is 15.2. The van der Waals surface area contributed by atoms with Crippen molar-refractivity contribution in [3.05, 3.63) is 64.1 Å². The summed E-state index contributed by atoms with van der Waals surface area (Å²) in [6.07, 6.45) is 0. The molecule has 2 aromatic carbocycles. The molecule has 2 rings (SSSR count). The normalized spacial score (nSPS) is 14.0. The second-order valence-electron chi connectivity index (χ2n) is 5.90. The molecule has 116 valence electrons. The first-order chi connectivity index (χ1) is 10.3. The summed E-state index contributed by atoms with van der Waals surface area (Å²) in [4.78, 5) is 0. The Morgan fingerprint density at radius 2 is 1.77 bits per heavy atom. The van der Waals surface area contributed by atoms with E-state index in [-0.39, 0.29) is 0 Å². The average Bonchev–Trinajstić information content (AvgIpc) is 2.47. The van der Waals surface area contributed by atoms with Gasteiger partial charge in [-0.3, -0.25) is 0 Å². The number of hydrogen-bond donors (Lipinski definition) is 1. The number of nitrogens with zero attached hydrogens (tertiary/aromatic N) is 1. The van der Waals surface area contributed by atoms with Gasteiger partial charge in [-0.1, -0.05) is 50.7 Å². The van der Waals surface area contributed by atoms with Crippen molar-refractivity contribution >= 4 is 38.7 Å². The molecule has 0 amide bonds. The highest BCUT2D eigenvalue weighted by atomic mass is 79.9. The Morgan fingerprint density at radius 3 is 2.36 bits per heavy atom. The van der Waals surface area contributed by atoms with Crippen molar-refractivity contribution in [2.45, 2.75) is 25.5 Å². The lowest BCUT2D eigenvalue weighted by atomic mass is 10.0. The molecule has 0 heterocycles. The third-order valence-corrected chi connectivity index (χ3v) is 4.91. The molecule has 0 aliphatic carbocycles. The fourth-order valence-corrected chi connectivity index (χ4v) is 2.81. The standard InChI is InChI=1S/C17H19BrN2OS/c1-17(2,3)22(21)20-16(12-7-5-4-6-8-12)14-11-13(18)9-10-15(14)19/h4-11H,19H2,1-3H3/b20-16+/t22-/m1/s1. The van der Waals surface area contributed by atoms with Crippen LogP contribution in [0.5, 0.6) is 0 Å². The molecule has 0 saturated carbocycles. The molecule has 0 aromatic heterocycles. The molecule has 0 fully saturated rings. The van der Waals surface area contributed by atoms with Crippen LogP contribution in [-0.2, 0) is 11.4 Å². The minimum Gasteiger partial charge on any atom is -0.591 e. The monoisotopic (exact) mass is 378 g/mol. The summed E-state index contributed by atoms with van der Waals surface area (Å²) in [7, 11) is 0. The molecule has 0 saturated heterocycles. The highest BCUT2D eigenvalue weighted by Gasteiger charge is 2.28. The lowest BCUT2D eigenvalue weighted by Crippen LogP contribution is -2.27. The first kappa shape index (κ1) is 17.1. The Bertz CT molecular complexity index is 681. The Morgan fingerprint density at radius 1 is 1.14 bits per heavy atom. The fraction of sp³-hybridized carbons (Fsp3) is 0.235. The zero-order valence-electron chi connectivity index (χ0n) is 12.8. The van der Waals surface area contributed by atoms with Crippen molar-refractivity contribution in [2.75, 3.05) is 5.73 Å². The summed E-state index contributed by atoms with van der Waals surface area (Å²) < 4.78 is 17.4. The predicted octanol–water partition coefficient (Wildman–Crippen LogP) is 4.33. The van der Waals surface area contributed by atoms with E-state index in [9.17, 15) is 4.55 Å². The molecule has 22 heavy (non-hydrogen) atoms. The van der Waals surface area contributed by atoms with Gasteiger partial charge in [0.25, 0.3) is 0 Å². The highest BCUT2D eigenvalue weighted by Crippen LogP contribution is 2.25. The molecule has 2 aromatic rings. The van der Waals surface area contributed by atoms with E-state index in [1.807, 2.05) is 69.3 Å². The summed E-state index contributed by atoms with van der Waals surface area (Å²) in [5.74, 6) is 0. The molecular formula is C17H19BrN2OS. The molecule has 0 spiro atoms. The summed E-state index contributed by atoms with van der Waals surface area (Å²) in [5, 5.41) is 0. The van der Waals surface area contributed by atoms with Gasteiger partial charge in [0.15, 0.2) is 0 Å². The van der Waals surface area contributed by atoms with Gasteiger partial charge in [-0.2, -0.15) is 0 Å². The number of nitrogen functional groups attached to an aromatic ring is 1. The van der Waals surface area contributed by atoms with Crippen LogP contribution in [0.4, 0.5) is 5.69 Å². The molecule has 0 aliphatic rings. The van der Waals surface area contributed by atoms with E-state index in [2.05, 4.69) is 20.3 Å². The lowest BCUT2D eigenvalue weighted by molar-refractivity contribution is 0.561. The topological polar surface area (TPSA) is 61.4 Å². The lowest BCUT2D eigenvalue weighted by Gasteiger charge is -2.20. The molecular weight excluding hydrogens is 360 g/mol. The Kier molecular flexibility index (Phi) is 5.32. The molecule has 3 nitrogen and oxygen atoms in total. The SMILES string of the molecule is CC(C)(C)[S@@+]([O-])/N=C(\c1ccccc1)c1cc(Br)ccc1N. The van der Waals surface area contributed by atoms with Crippen molar-refractivity contribution in [3.63, 3.8) is 0 Å². The number of rotatable bonds is 3. The van der Waals surface area contributed by atoms with Crippen molar-refractivity contribution < 1.29 is 4.55 Å². The largest absolute Gasteiger partial charge is 0.591 e. The minimum atomic E-state index is -1.37. The summed E-state index contributed by atoms with van der Waals surface area (Å²) in [6.45, 7) is 5.71. The smallest absolute Gasteiger partial charge is 0.144 e. The van der Waals surface area contributed by atoms with Crippen LogP contribution in [0.3, 0.4) is 0 Å². The van der Waals surface area contributed by atoms with Crippen molar-refractivity contribution in [2.24, 2.45) is 4.40 Å². The van der Waals surface area contributed by atoms with E-state index in [1.165, 1.54) is 0 Å². The van der Waals surface area contributed by atoms with Crippen molar-refractivity contribution in [3.8, 4) is 0 Å². The van der Waals surface area contributed by atoms with Gasteiger partial charge in [0.2, 0.25) is 0 Å². The highest BCUT2D eigenvalue weighted by molar-refractivity contribution is 9.10. The van der Waals surface area contributed by atoms with E-state index in [1.54, 1.807) is 0 Å². The Balaban J connectivity index is 2.61. The second-order valence-corrected chi connectivity index (χ2v) is 8.72. The first-order valence-corrected chi connectivity index (χ1v) is 8.80. The van der Waals surface area contributed by atoms with Gasteiger partial charge < -0.3 is 10.3 Å². The zero-order chi connectivity index (χ0) is 16.3. The molecule has 5 heteroatoms. The van der Waals surface area contributed by atoms with Gasteiger partial charge in [0.05, 0.1) is 0 Å². The van der Waals surface area contributed by atoms with E-state index in [0.717, 1.165) is 15.6 Å². The molecule has 0 aliphatic heterocycles. The van der Waals surface area contributed by atoms with Crippen LogP contribution in [-0.4, -0.2) is 15.0 Å². The van der Waals surface area contributed by atoms with Crippen LogP contribution in [0.2, 0.25) is 0 Å². The second kappa shape index (κ2) is 6.86. The van der Waals surface area contributed by atoms with Crippen LogP contribution >= 0.6 is 15.9 Å². The predicted molar refractivity (Wildman–Crippen MR) is 98.5 cm³/mol. The minimum absolute atomic E-state index is 0.430. The number of halogens is 1. The van der Waals surface area contributed by atoms with Gasteiger partial charge in [-0.25, -0.2) is 0 Å². The first-order valence-electron chi connectivity index (χ1n) is 6.90. The van der Waals surface area contributed by atoms with Crippen LogP contribution < -0.4 is 5.73 Å². The van der Waals surface area contributed by atoms with E-state index >= 15 is 0 Å². The Hall–Kier alpha value is -1.30. The third kappa shape index (κ3) is 4.12. The van der Waals surface area contributed by atoms with Gasteiger partial charge in [-0.05, 0) is 39.0 Å². The van der Waals surface area contributed by atoms with E-state index in [4.69, 9.17) is 5.73 Å². The van der Waals surface area contributed by atoms with E-state index in [0.29, 0.717) is 11.4 Å². The van der Waals surface area contributed by atoms with Crippen molar-refractivity contribution in [1.29, 1.82) is 0 Å². The summed E-state index contributed by atoms with van der Waals surface area (Å²) >= 11 is 2.09. The van der Waals surface area contributed by atoms with Gasteiger partial charge >= 0.3 is 0 Å². The fourth-order valence-electron chi connectivity index (χ4n) is 1.81. The van der Waals surface area contributed by atoms with Crippen LogP contribution in [0.1, 0.15) is 31.9 Å². The number of benzene rings is 2. The summed E-state index contributed by atoms with van der Waals surface area (Å²) in [6, 6.07) is 15.3. The maximum Gasteiger partial charge on any atom is 0.144 e. The molecule has 2 N–H and O–H groups in total. The molecule has 0 bridgehead atoms. The van der Waals surface area contributed by atoms with Gasteiger partial charge in [0.1, 0.15) is 21.8 Å². The van der Waals surface area contributed by atoms with Crippen LogP contribution in [0, 0.1) is 0 Å². The number of hydrogen-bond acceptors (Lipinski definition) is 3. The number of nitrogens with two attached hydrogens (primary N) is 1. The maximum absolute atomic E-state index is 12.5. The quantitative estimate of drug-likeness (QED) is 0.490. The number of anilines is 1. The maximum atomic E-state index is 12.5. The van der Waals surface area contributed by atoms with Crippen LogP contribution in [0.15, 0.2) is 57.4 Å². The van der Waals surface area contributed by atoms with Gasteiger partial charge in [0, 0.05) is 21.3 Å². The third-order valence-electron chi connectivity index (χ3n) is 3.02. The average molecular weight is 379 g/mol. The van der Waals surface area contributed by atoms with Gasteiger partial charge in [-0.15, -0.1) is 0 Å².